The topological polar surface area (TPSA) is 40.5 Å². The summed E-state index contributed by atoms with van der Waals surface area (Å²) >= 11 is 0. The van der Waals surface area contributed by atoms with Crippen LogP contribution in [0.25, 0.3) is 0 Å². The quantitative estimate of drug-likeness (QED) is 0.690. The van der Waals surface area contributed by atoms with Gasteiger partial charge in [0.1, 0.15) is 0 Å². The molecule has 98 valence electrons. The minimum Gasteiger partial charge on any atom is -0.393 e. The average Bonchev–Trinajstić information content (AvgIpc) is 2.24. The normalized spacial score (nSPS) is 46.6. The van der Waals surface area contributed by atoms with Crippen molar-refractivity contribution in [1.29, 1.82) is 0 Å². The van der Waals surface area contributed by atoms with Crippen LogP contribution in [0.5, 0.6) is 0 Å². The molecule has 17 heavy (non-hydrogen) atoms. The monoisotopic (exact) mass is 238 g/mol. The largest absolute Gasteiger partial charge is 0.393 e. The fraction of sp³-hybridized carbons (Fsp3) is 0.867. The zero-order valence-corrected chi connectivity index (χ0v) is 11.5. The number of rotatable bonds is 1. The minimum absolute atomic E-state index is 0.139. The smallest absolute Gasteiger partial charge is 0.0658 e. The second-order valence-corrected chi connectivity index (χ2v) is 6.81. The fourth-order valence-electron chi connectivity index (χ4n) is 3.75. The molecule has 1 saturated carbocycles. The van der Waals surface area contributed by atoms with Crippen molar-refractivity contribution in [1.82, 2.24) is 0 Å². The molecule has 0 aromatic rings. The summed E-state index contributed by atoms with van der Waals surface area (Å²) in [5.74, 6) is 0.746. The van der Waals surface area contributed by atoms with Crippen LogP contribution < -0.4 is 0 Å². The first-order chi connectivity index (χ1) is 7.77. The van der Waals surface area contributed by atoms with Crippen LogP contribution in [0.2, 0.25) is 0 Å². The predicted molar refractivity (Wildman–Crippen MR) is 69.6 cm³/mol. The van der Waals surface area contributed by atoms with E-state index in [0.717, 1.165) is 25.7 Å². The maximum Gasteiger partial charge on any atom is 0.0658 e. The highest BCUT2D eigenvalue weighted by atomic mass is 16.3. The standard InChI is InChI=1S/C15H26O2/c1-10(2)11-5-7-14(3)12(9-11)15(4,17)8-6-13(14)16/h5,10,12-13,16-17H,6-9H2,1-4H3/t12?,13-,14-,15+/m1/s1. The molecule has 2 heteroatoms. The molecule has 0 bridgehead atoms. The van der Waals surface area contributed by atoms with Gasteiger partial charge in [-0.3, -0.25) is 0 Å². The van der Waals surface area contributed by atoms with Crippen molar-refractivity contribution in [2.24, 2.45) is 17.3 Å². The molecule has 0 aromatic carbocycles. The highest BCUT2D eigenvalue weighted by molar-refractivity contribution is 5.19. The summed E-state index contributed by atoms with van der Waals surface area (Å²) in [6, 6.07) is 0. The fourth-order valence-corrected chi connectivity index (χ4v) is 3.75. The van der Waals surface area contributed by atoms with Crippen molar-refractivity contribution in [3.05, 3.63) is 11.6 Å². The lowest BCUT2D eigenvalue weighted by Crippen LogP contribution is -2.56. The lowest BCUT2D eigenvalue weighted by Gasteiger charge is -2.54. The van der Waals surface area contributed by atoms with Crippen LogP contribution in [0, 0.1) is 17.3 Å². The molecular formula is C15H26O2. The van der Waals surface area contributed by atoms with Gasteiger partial charge < -0.3 is 10.2 Å². The molecule has 0 spiro atoms. The maximum atomic E-state index is 10.6. The first-order valence-electron chi connectivity index (χ1n) is 6.87. The Morgan fingerprint density at radius 3 is 2.59 bits per heavy atom. The van der Waals surface area contributed by atoms with E-state index in [1.54, 1.807) is 0 Å². The third-order valence-electron chi connectivity index (χ3n) is 5.22. The molecule has 0 aliphatic heterocycles. The van der Waals surface area contributed by atoms with Crippen molar-refractivity contribution in [2.45, 2.75) is 65.1 Å². The van der Waals surface area contributed by atoms with Crippen molar-refractivity contribution in [3.8, 4) is 0 Å². The van der Waals surface area contributed by atoms with Gasteiger partial charge in [0.15, 0.2) is 0 Å². The van der Waals surface area contributed by atoms with Crippen LogP contribution in [0.15, 0.2) is 11.6 Å². The molecule has 2 nitrogen and oxygen atoms in total. The summed E-state index contributed by atoms with van der Waals surface area (Å²) in [5, 5.41) is 20.9. The van der Waals surface area contributed by atoms with Crippen LogP contribution in [0.3, 0.4) is 0 Å². The summed E-state index contributed by atoms with van der Waals surface area (Å²) in [7, 11) is 0. The molecule has 0 heterocycles. The Balaban J connectivity index is 2.33. The molecule has 2 aliphatic carbocycles. The van der Waals surface area contributed by atoms with E-state index in [2.05, 4.69) is 26.8 Å². The Labute approximate surface area is 105 Å². The Morgan fingerprint density at radius 1 is 1.35 bits per heavy atom. The van der Waals surface area contributed by atoms with E-state index in [0.29, 0.717) is 5.92 Å². The van der Waals surface area contributed by atoms with E-state index in [4.69, 9.17) is 0 Å². The molecule has 4 atom stereocenters. The summed E-state index contributed by atoms with van der Waals surface area (Å²) in [6.07, 6.45) is 5.33. The molecular weight excluding hydrogens is 212 g/mol. The van der Waals surface area contributed by atoms with Gasteiger partial charge in [-0.1, -0.05) is 32.4 Å². The summed E-state index contributed by atoms with van der Waals surface area (Å²) in [6.45, 7) is 8.51. The third kappa shape index (κ3) is 2.06. The zero-order chi connectivity index (χ0) is 12.8. The number of hydrogen-bond donors (Lipinski definition) is 2. The van der Waals surface area contributed by atoms with Gasteiger partial charge >= 0.3 is 0 Å². The van der Waals surface area contributed by atoms with Gasteiger partial charge in [-0.05, 0) is 44.4 Å². The van der Waals surface area contributed by atoms with Crippen LogP contribution in [0.1, 0.15) is 53.4 Å². The number of allylic oxidation sites excluding steroid dienone is 2. The number of aliphatic hydroxyl groups is 2. The van der Waals surface area contributed by atoms with Crippen molar-refractivity contribution < 1.29 is 10.2 Å². The molecule has 1 unspecified atom stereocenters. The van der Waals surface area contributed by atoms with Gasteiger partial charge in [-0.15, -0.1) is 0 Å². The SMILES string of the molecule is CC(C)C1=CC[C@]2(C)C(C1)[C@@](C)(O)CC[C@H]2O. The zero-order valence-electron chi connectivity index (χ0n) is 11.5. The minimum atomic E-state index is -0.623. The first-order valence-corrected chi connectivity index (χ1v) is 6.87. The van der Waals surface area contributed by atoms with E-state index in [1.165, 1.54) is 5.57 Å². The second kappa shape index (κ2) is 4.10. The molecule has 0 aromatic heterocycles. The van der Waals surface area contributed by atoms with E-state index in [-0.39, 0.29) is 17.4 Å². The molecule has 2 aliphatic rings. The molecule has 2 N–H and O–H groups in total. The number of hydrogen-bond acceptors (Lipinski definition) is 2. The van der Waals surface area contributed by atoms with Gasteiger partial charge in [0, 0.05) is 5.41 Å². The summed E-state index contributed by atoms with van der Waals surface area (Å²) in [4.78, 5) is 0. The van der Waals surface area contributed by atoms with Crippen molar-refractivity contribution in [3.63, 3.8) is 0 Å². The number of fused-ring (bicyclic) bond motifs is 1. The van der Waals surface area contributed by atoms with Crippen LogP contribution in [-0.2, 0) is 0 Å². The highest BCUT2D eigenvalue weighted by Crippen LogP contribution is 2.54. The Morgan fingerprint density at radius 2 is 2.00 bits per heavy atom. The summed E-state index contributed by atoms with van der Waals surface area (Å²) < 4.78 is 0. The van der Waals surface area contributed by atoms with Gasteiger partial charge in [-0.25, -0.2) is 0 Å². The molecule has 1 fully saturated rings. The van der Waals surface area contributed by atoms with E-state index < -0.39 is 5.60 Å². The van der Waals surface area contributed by atoms with Crippen LogP contribution in [-0.4, -0.2) is 21.9 Å². The van der Waals surface area contributed by atoms with Gasteiger partial charge in [0.05, 0.1) is 11.7 Å². The second-order valence-electron chi connectivity index (χ2n) is 6.81. The maximum absolute atomic E-state index is 10.6. The van der Waals surface area contributed by atoms with E-state index in [9.17, 15) is 10.2 Å². The first kappa shape index (κ1) is 13.1. The van der Waals surface area contributed by atoms with Gasteiger partial charge in [0.25, 0.3) is 0 Å². The van der Waals surface area contributed by atoms with Crippen LogP contribution in [0.4, 0.5) is 0 Å². The molecule has 0 amide bonds. The Hall–Kier alpha value is -0.340. The van der Waals surface area contributed by atoms with Crippen molar-refractivity contribution >= 4 is 0 Å². The lowest BCUT2D eigenvalue weighted by atomic mass is 9.54. The van der Waals surface area contributed by atoms with Gasteiger partial charge in [0.2, 0.25) is 0 Å². The van der Waals surface area contributed by atoms with E-state index in [1.807, 2.05) is 6.92 Å². The molecule has 0 radical (unpaired) electrons. The lowest BCUT2D eigenvalue weighted by molar-refractivity contribution is -0.152. The average molecular weight is 238 g/mol. The third-order valence-corrected chi connectivity index (χ3v) is 5.22. The van der Waals surface area contributed by atoms with E-state index >= 15 is 0 Å². The summed E-state index contributed by atoms with van der Waals surface area (Å²) in [5.41, 5.74) is 0.685. The molecule has 2 rings (SSSR count). The Bertz CT molecular complexity index is 330. The van der Waals surface area contributed by atoms with Crippen molar-refractivity contribution in [2.75, 3.05) is 0 Å². The Kier molecular flexibility index (Phi) is 3.16. The highest BCUT2D eigenvalue weighted by Gasteiger charge is 2.53. The van der Waals surface area contributed by atoms with Gasteiger partial charge in [-0.2, -0.15) is 0 Å². The van der Waals surface area contributed by atoms with Crippen LogP contribution >= 0.6 is 0 Å². The molecule has 0 saturated heterocycles. The number of aliphatic hydroxyl groups excluding tert-OH is 1. The predicted octanol–water partition coefficient (Wildman–Crippen LogP) is 2.89.